The molecule has 1 aliphatic rings. The van der Waals surface area contributed by atoms with Crippen LogP contribution >= 0.6 is 11.6 Å². The highest BCUT2D eigenvalue weighted by molar-refractivity contribution is 7.90. The van der Waals surface area contributed by atoms with Gasteiger partial charge in [0.15, 0.2) is 5.78 Å². The first-order valence-corrected chi connectivity index (χ1v) is 7.30. The summed E-state index contributed by atoms with van der Waals surface area (Å²) in [4.78, 5) is 20.8. The van der Waals surface area contributed by atoms with Crippen LogP contribution in [0.2, 0.25) is 0 Å². The summed E-state index contributed by atoms with van der Waals surface area (Å²) in [6.07, 6.45) is 3.39. The highest BCUT2D eigenvalue weighted by Crippen LogP contribution is 2.20. The first-order valence-electron chi connectivity index (χ1n) is 5.48. The lowest BCUT2D eigenvalue weighted by molar-refractivity contribution is -0.385. The van der Waals surface area contributed by atoms with Crippen LogP contribution in [0.15, 0.2) is 56.8 Å². The molecule has 0 fully saturated rings. The highest BCUT2D eigenvalue weighted by Gasteiger charge is 2.18. The largest absolute Gasteiger partial charge is 0.288 e. The number of carbonyl (C=O) groups excluding carboxylic acids is 1. The van der Waals surface area contributed by atoms with Gasteiger partial charge in [0.1, 0.15) is 0 Å². The van der Waals surface area contributed by atoms with Gasteiger partial charge < -0.3 is 0 Å². The van der Waals surface area contributed by atoms with E-state index in [1.807, 2.05) is 0 Å². The van der Waals surface area contributed by atoms with Gasteiger partial charge in [-0.05, 0) is 24.3 Å². The van der Waals surface area contributed by atoms with Crippen molar-refractivity contribution in [2.24, 2.45) is 4.40 Å². The molecule has 2 rings (SSSR count). The van der Waals surface area contributed by atoms with Gasteiger partial charge >= 0.3 is 0 Å². The van der Waals surface area contributed by atoms with Crippen molar-refractivity contribution >= 4 is 38.8 Å². The smallest absolute Gasteiger partial charge is 0.283 e. The Morgan fingerprint density at radius 3 is 2.57 bits per heavy atom. The topological polar surface area (TPSA) is 107 Å². The molecule has 0 heterocycles. The molecule has 0 saturated carbocycles. The fraction of sp³-hybridized carbons (Fsp3) is 0. The Bertz CT molecular complexity index is 824. The molecule has 1 aromatic rings. The molecule has 21 heavy (non-hydrogen) atoms. The summed E-state index contributed by atoms with van der Waals surface area (Å²) in [7, 11) is -4.14. The monoisotopic (exact) mass is 326 g/mol. The lowest BCUT2D eigenvalue weighted by Gasteiger charge is -2.03. The number of sulfonamides is 1. The van der Waals surface area contributed by atoms with Crippen molar-refractivity contribution in [1.82, 2.24) is 0 Å². The number of non-ortho nitro benzene ring substituents is 1. The summed E-state index contributed by atoms with van der Waals surface area (Å²) >= 11 is 5.60. The number of nitro benzene ring substituents is 1. The quantitative estimate of drug-likeness (QED) is 0.479. The molecular formula is C12H7ClN2O5S. The number of hydrogen-bond donors (Lipinski definition) is 0. The second kappa shape index (κ2) is 5.58. The van der Waals surface area contributed by atoms with Gasteiger partial charge in [-0.25, -0.2) is 0 Å². The molecule has 0 aromatic heterocycles. The van der Waals surface area contributed by atoms with Crippen LogP contribution in [0.1, 0.15) is 0 Å². The molecule has 1 aromatic carbocycles. The Hall–Kier alpha value is -2.32. The normalized spacial score (nSPS) is 16.9. The molecule has 0 spiro atoms. The van der Waals surface area contributed by atoms with Gasteiger partial charge in [-0.15, -0.1) is 0 Å². The molecule has 108 valence electrons. The van der Waals surface area contributed by atoms with E-state index in [1.54, 1.807) is 0 Å². The molecular weight excluding hydrogens is 320 g/mol. The minimum atomic E-state index is -4.14. The molecule has 0 atom stereocenters. The molecule has 0 N–H and O–H groups in total. The number of nitrogens with zero attached hydrogens (tertiary/aromatic N) is 2. The summed E-state index contributed by atoms with van der Waals surface area (Å²) in [5.74, 6) is -0.455. The second-order valence-electron chi connectivity index (χ2n) is 3.94. The Kier molecular flexibility index (Phi) is 4.01. The maximum absolute atomic E-state index is 12.1. The van der Waals surface area contributed by atoms with Crippen LogP contribution in [0.4, 0.5) is 5.69 Å². The van der Waals surface area contributed by atoms with Gasteiger partial charge in [-0.1, -0.05) is 17.7 Å². The van der Waals surface area contributed by atoms with E-state index in [-0.39, 0.29) is 21.3 Å². The number of halogens is 1. The van der Waals surface area contributed by atoms with E-state index in [4.69, 9.17) is 11.6 Å². The number of nitro groups is 1. The van der Waals surface area contributed by atoms with Crippen molar-refractivity contribution in [3.8, 4) is 0 Å². The zero-order valence-corrected chi connectivity index (χ0v) is 11.8. The minimum Gasteiger partial charge on any atom is -0.288 e. The molecule has 0 bridgehead atoms. The first-order chi connectivity index (χ1) is 9.79. The molecule has 0 saturated heterocycles. The molecule has 7 nitrogen and oxygen atoms in total. The van der Waals surface area contributed by atoms with Crippen molar-refractivity contribution in [3.63, 3.8) is 0 Å². The van der Waals surface area contributed by atoms with Crippen LogP contribution in [0.3, 0.4) is 0 Å². The van der Waals surface area contributed by atoms with Crippen LogP contribution < -0.4 is 0 Å². The standard InChI is InChI=1S/C12H7ClN2O5S/c13-11-6-8(4-5-12(11)16)14-21(19,20)10-3-1-2-9(7-10)15(17)18/h1-7H/b14-8-. The van der Waals surface area contributed by atoms with Crippen molar-refractivity contribution in [3.05, 3.63) is 57.6 Å². The number of rotatable bonds is 3. The van der Waals surface area contributed by atoms with Crippen molar-refractivity contribution in [1.29, 1.82) is 0 Å². The van der Waals surface area contributed by atoms with E-state index < -0.39 is 20.7 Å². The summed E-state index contributed by atoms with van der Waals surface area (Å²) in [6, 6.07) is 4.51. The van der Waals surface area contributed by atoms with Crippen LogP contribution in [-0.2, 0) is 14.8 Å². The van der Waals surface area contributed by atoms with Crippen LogP contribution in [-0.4, -0.2) is 24.8 Å². The summed E-state index contributed by atoms with van der Waals surface area (Å²) in [6.45, 7) is 0. The SMILES string of the molecule is O=C1C=C/C(=N/S(=O)(=O)c2cccc([N+](=O)[O-])c2)C=C1Cl. The average molecular weight is 327 g/mol. The van der Waals surface area contributed by atoms with Crippen molar-refractivity contribution in [2.75, 3.05) is 0 Å². The van der Waals surface area contributed by atoms with Gasteiger partial charge in [0, 0.05) is 12.1 Å². The van der Waals surface area contributed by atoms with E-state index in [2.05, 4.69) is 4.40 Å². The van der Waals surface area contributed by atoms with Gasteiger partial charge in [0.2, 0.25) is 0 Å². The number of ketones is 1. The Morgan fingerprint density at radius 2 is 1.95 bits per heavy atom. The maximum atomic E-state index is 12.1. The highest BCUT2D eigenvalue weighted by atomic mass is 35.5. The third-order valence-electron chi connectivity index (χ3n) is 2.47. The summed E-state index contributed by atoms with van der Waals surface area (Å²) in [5, 5.41) is 10.5. The van der Waals surface area contributed by atoms with Crippen molar-refractivity contribution in [2.45, 2.75) is 4.90 Å². The molecule has 1 aliphatic carbocycles. The molecule has 9 heteroatoms. The van der Waals surface area contributed by atoms with Gasteiger partial charge in [0.05, 0.1) is 20.6 Å². The third-order valence-corrected chi connectivity index (χ3v) is 4.06. The summed E-state index contributed by atoms with van der Waals surface area (Å²) < 4.78 is 27.6. The third kappa shape index (κ3) is 3.41. The Labute approximate surface area is 124 Å². The molecule has 0 amide bonds. The zero-order chi connectivity index (χ0) is 15.6. The Morgan fingerprint density at radius 1 is 1.24 bits per heavy atom. The van der Waals surface area contributed by atoms with Gasteiger partial charge in [0.25, 0.3) is 15.7 Å². The molecule has 0 radical (unpaired) electrons. The first kappa shape index (κ1) is 15.1. The fourth-order valence-corrected chi connectivity index (χ4v) is 2.69. The second-order valence-corrected chi connectivity index (χ2v) is 5.95. The van der Waals surface area contributed by atoms with E-state index in [1.165, 1.54) is 24.3 Å². The van der Waals surface area contributed by atoms with Crippen molar-refractivity contribution < 1.29 is 18.1 Å². The van der Waals surface area contributed by atoms with Gasteiger partial charge in [-0.2, -0.15) is 12.8 Å². The number of hydrogen-bond acceptors (Lipinski definition) is 5. The molecule has 0 aliphatic heterocycles. The fourth-order valence-electron chi connectivity index (χ4n) is 1.50. The minimum absolute atomic E-state index is 0.0360. The summed E-state index contributed by atoms with van der Waals surface area (Å²) in [5.41, 5.74) is -0.398. The van der Waals surface area contributed by atoms with E-state index >= 15 is 0 Å². The lowest BCUT2D eigenvalue weighted by atomic mass is 10.2. The molecule has 0 unspecified atom stereocenters. The van der Waals surface area contributed by atoms with E-state index in [0.29, 0.717) is 0 Å². The zero-order valence-electron chi connectivity index (χ0n) is 10.3. The predicted octanol–water partition coefficient (Wildman–Crippen LogP) is 1.99. The van der Waals surface area contributed by atoms with E-state index in [0.717, 1.165) is 18.2 Å². The van der Waals surface area contributed by atoms with E-state index in [9.17, 15) is 23.3 Å². The predicted molar refractivity (Wildman–Crippen MR) is 75.8 cm³/mol. The number of carbonyl (C=O) groups is 1. The van der Waals surface area contributed by atoms with Crippen LogP contribution in [0.25, 0.3) is 0 Å². The van der Waals surface area contributed by atoms with Gasteiger partial charge in [-0.3, -0.25) is 14.9 Å². The number of benzene rings is 1. The lowest BCUT2D eigenvalue weighted by Crippen LogP contribution is -2.07. The maximum Gasteiger partial charge on any atom is 0.283 e. The van der Waals surface area contributed by atoms with Crippen LogP contribution in [0.5, 0.6) is 0 Å². The number of allylic oxidation sites excluding steroid dienone is 4. The Balaban J connectivity index is 2.44. The van der Waals surface area contributed by atoms with Crippen LogP contribution in [0, 0.1) is 10.1 Å². The average Bonchev–Trinajstić information content (AvgIpc) is 2.43.